The summed E-state index contributed by atoms with van der Waals surface area (Å²) < 4.78 is 1.60. The predicted molar refractivity (Wildman–Crippen MR) is 68.0 cm³/mol. The Morgan fingerprint density at radius 2 is 2.28 bits per heavy atom. The van der Waals surface area contributed by atoms with Crippen LogP contribution in [-0.2, 0) is 0 Å². The molecule has 0 unspecified atom stereocenters. The summed E-state index contributed by atoms with van der Waals surface area (Å²) in [7, 11) is 0. The lowest BCUT2D eigenvalue weighted by molar-refractivity contribution is 0.0690. The Hall–Kier alpha value is -2.04. The summed E-state index contributed by atoms with van der Waals surface area (Å²) in [5.74, 6) is -0.491. The van der Waals surface area contributed by atoms with E-state index in [2.05, 4.69) is 17.2 Å². The molecule has 1 fully saturated rings. The Morgan fingerprint density at radius 3 is 2.89 bits per heavy atom. The molecule has 0 aliphatic heterocycles. The molecule has 3 rings (SSSR count). The molecule has 2 N–H and O–H groups in total. The molecule has 18 heavy (non-hydrogen) atoms. The van der Waals surface area contributed by atoms with Crippen molar-refractivity contribution in [3.63, 3.8) is 0 Å². The highest BCUT2D eigenvalue weighted by Gasteiger charge is 2.34. The van der Waals surface area contributed by atoms with E-state index >= 15 is 0 Å². The molecule has 0 saturated heterocycles. The van der Waals surface area contributed by atoms with Crippen LogP contribution in [0, 0.1) is 0 Å². The Morgan fingerprint density at radius 1 is 1.50 bits per heavy atom. The van der Waals surface area contributed by atoms with Crippen LogP contribution >= 0.6 is 0 Å². The van der Waals surface area contributed by atoms with Gasteiger partial charge < -0.3 is 10.4 Å². The highest BCUT2D eigenvalue weighted by atomic mass is 16.4. The molecular weight excluding hydrogens is 230 g/mol. The number of nitrogens with one attached hydrogen (secondary N) is 1. The maximum Gasteiger partial charge on any atom is 0.356 e. The number of pyridine rings is 1. The second-order valence-electron chi connectivity index (χ2n) is 5.08. The van der Waals surface area contributed by atoms with E-state index in [0.717, 1.165) is 12.8 Å². The van der Waals surface area contributed by atoms with Crippen LogP contribution < -0.4 is 5.32 Å². The standard InChI is InChI=1S/C13H15N3O2/c1-13(6-4-7-13)15-11-10(12(17)18)16-8-3-2-5-9(16)14-11/h2-3,5,8,15H,4,6-7H2,1H3,(H,17,18). The Kier molecular flexibility index (Phi) is 2.29. The summed E-state index contributed by atoms with van der Waals surface area (Å²) >= 11 is 0. The number of fused-ring (bicyclic) bond motifs is 1. The number of anilines is 1. The van der Waals surface area contributed by atoms with Crippen LogP contribution in [0.1, 0.15) is 36.7 Å². The van der Waals surface area contributed by atoms with E-state index in [4.69, 9.17) is 0 Å². The molecule has 2 aromatic rings. The quantitative estimate of drug-likeness (QED) is 0.871. The molecule has 0 aromatic carbocycles. The lowest BCUT2D eigenvalue weighted by Gasteiger charge is -2.39. The van der Waals surface area contributed by atoms with Crippen molar-refractivity contribution in [1.29, 1.82) is 0 Å². The first kappa shape index (κ1) is 11.1. The maximum atomic E-state index is 11.4. The van der Waals surface area contributed by atoms with E-state index in [-0.39, 0.29) is 11.2 Å². The molecule has 2 aromatic heterocycles. The molecule has 0 bridgehead atoms. The van der Waals surface area contributed by atoms with Gasteiger partial charge in [0.25, 0.3) is 0 Å². The van der Waals surface area contributed by atoms with Crippen LogP contribution in [0.4, 0.5) is 5.82 Å². The number of carboxylic acid groups (broad SMARTS) is 1. The van der Waals surface area contributed by atoms with Crippen LogP contribution in [0.15, 0.2) is 24.4 Å². The molecule has 2 heterocycles. The number of hydrogen-bond donors (Lipinski definition) is 2. The molecule has 0 atom stereocenters. The first-order chi connectivity index (χ1) is 8.59. The number of hydrogen-bond acceptors (Lipinski definition) is 3. The van der Waals surface area contributed by atoms with Gasteiger partial charge in [-0.2, -0.15) is 0 Å². The number of rotatable bonds is 3. The fourth-order valence-corrected chi connectivity index (χ4v) is 2.41. The van der Waals surface area contributed by atoms with Gasteiger partial charge in [-0.05, 0) is 38.3 Å². The summed E-state index contributed by atoms with van der Waals surface area (Å²) in [6.07, 6.45) is 5.01. The van der Waals surface area contributed by atoms with Crippen molar-refractivity contribution in [3.8, 4) is 0 Å². The molecule has 1 aliphatic rings. The third-order valence-electron chi connectivity index (χ3n) is 3.61. The fraction of sp³-hybridized carbons (Fsp3) is 0.385. The minimum Gasteiger partial charge on any atom is -0.476 e. The van der Waals surface area contributed by atoms with Gasteiger partial charge in [-0.15, -0.1) is 0 Å². The monoisotopic (exact) mass is 245 g/mol. The van der Waals surface area contributed by atoms with Gasteiger partial charge in [0, 0.05) is 11.7 Å². The highest BCUT2D eigenvalue weighted by Crippen LogP contribution is 2.35. The van der Waals surface area contributed by atoms with Gasteiger partial charge in [-0.3, -0.25) is 4.40 Å². The Labute approximate surface area is 104 Å². The third kappa shape index (κ3) is 1.63. The summed E-state index contributed by atoms with van der Waals surface area (Å²) in [5.41, 5.74) is 0.848. The second-order valence-corrected chi connectivity index (χ2v) is 5.08. The van der Waals surface area contributed by atoms with Gasteiger partial charge in [-0.1, -0.05) is 6.07 Å². The predicted octanol–water partition coefficient (Wildman–Crippen LogP) is 2.39. The largest absolute Gasteiger partial charge is 0.476 e. The zero-order chi connectivity index (χ0) is 12.8. The van der Waals surface area contributed by atoms with Crippen molar-refractivity contribution in [1.82, 2.24) is 9.38 Å². The summed E-state index contributed by atoms with van der Waals surface area (Å²) in [4.78, 5) is 15.8. The first-order valence-electron chi connectivity index (χ1n) is 6.08. The molecule has 0 radical (unpaired) electrons. The van der Waals surface area contributed by atoms with Crippen LogP contribution in [0.2, 0.25) is 0 Å². The van der Waals surface area contributed by atoms with E-state index in [1.54, 1.807) is 22.7 Å². The van der Waals surface area contributed by atoms with Crippen LogP contribution in [0.3, 0.4) is 0 Å². The molecule has 0 amide bonds. The summed E-state index contributed by atoms with van der Waals surface area (Å²) in [5, 5.41) is 12.6. The molecule has 1 aliphatic carbocycles. The Balaban J connectivity index is 2.10. The van der Waals surface area contributed by atoms with Crippen molar-refractivity contribution in [3.05, 3.63) is 30.1 Å². The smallest absolute Gasteiger partial charge is 0.356 e. The molecule has 1 saturated carbocycles. The number of aromatic carboxylic acids is 1. The lowest BCUT2D eigenvalue weighted by atomic mass is 9.78. The van der Waals surface area contributed by atoms with Gasteiger partial charge in [0.15, 0.2) is 11.5 Å². The van der Waals surface area contributed by atoms with Crippen molar-refractivity contribution >= 4 is 17.4 Å². The minimum absolute atomic E-state index is 0.0118. The van der Waals surface area contributed by atoms with Crippen molar-refractivity contribution in [2.45, 2.75) is 31.7 Å². The van der Waals surface area contributed by atoms with E-state index in [1.165, 1.54) is 6.42 Å². The Bertz CT molecular complexity index is 614. The molecule has 5 nitrogen and oxygen atoms in total. The molecule has 94 valence electrons. The summed E-state index contributed by atoms with van der Waals surface area (Å²) in [6.45, 7) is 2.10. The normalized spacial score (nSPS) is 17.4. The number of carboxylic acids is 1. The number of aromatic nitrogens is 2. The average Bonchev–Trinajstić information content (AvgIpc) is 2.64. The van der Waals surface area contributed by atoms with Gasteiger partial charge >= 0.3 is 5.97 Å². The van der Waals surface area contributed by atoms with Gasteiger partial charge in [0.1, 0.15) is 5.65 Å². The van der Waals surface area contributed by atoms with Crippen LogP contribution in [0.5, 0.6) is 0 Å². The number of nitrogens with zero attached hydrogens (tertiary/aromatic N) is 2. The molecule has 5 heteroatoms. The first-order valence-corrected chi connectivity index (χ1v) is 6.08. The number of imidazole rings is 1. The van der Waals surface area contributed by atoms with Gasteiger partial charge in [-0.25, -0.2) is 9.78 Å². The van der Waals surface area contributed by atoms with Crippen molar-refractivity contribution in [2.75, 3.05) is 5.32 Å². The minimum atomic E-state index is -0.959. The van der Waals surface area contributed by atoms with E-state index in [1.807, 2.05) is 6.07 Å². The summed E-state index contributed by atoms with van der Waals surface area (Å²) in [6, 6.07) is 5.46. The molecular formula is C13H15N3O2. The highest BCUT2D eigenvalue weighted by molar-refractivity contribution is 5.93. The third-order valence-corrected chi connectivity index (χ3v) is 3.61. The topological polar surface area (TPSA) is 66.6 Å². The van der Waals surface area contributed by atoms with Crippen LogP contribution in [0.25, 0.3) is 5.65 Å². The fourth-order valence-electron chi connectivity index (χ4n) is 2.41. The van der Waals surface area contributed by atoms with Crippen molar-refractivity contribution in [2.24, 2.45) is 0 Å². The van der Waals surface area contributed by atoms with Gasteiger partial charge in [0.2, 0.25) is 0 Å². The average molecular weight is 245 g/mol. The zero-order valence-electron chi connectivity index (χ0n) is 10.2. The van der Waals surface area contributed by atoms with E-state index in [9.17, 15) is 9.90 Å². The van der Waals surface area contributed by atoms with Crippen LogP contribution in [-0.4, -0.2) is 26.0 Å². The second kappa shape index (κ2) is 3.73. The SMILES string of the molecule is CC1(Nc2nc3ccccn3c2C(=O)O)CCC1. The van der Waals surface area contributed by atoms with E-state index in [0.29, 0.717) is 11.5 Å². The lowest BCUT2D eigenvalue weighted by Crippen LogP contribution is -2.42. The van der Waals surface area contributed by atoms with Crippen molar-refractivity contribution < 1.29 is 9.90 Å². The van der Waals surface area contributed by atoms with Gasteiger partial charge in [0.05, 0.1) is 0 Å². The maximum absolute atomic E-state index is 11.4. The number of carbonyl (C=O) groups is 1. The zero-order valence-corrected chi connectivity index (χ0v) is 10.2. The van der Waals surface area contributed by atoms with E-state index < -0.39 is 5.97 Å². The molecule has 0 spiro atoms.